The van der Waals surface area contributed by atoms with E-state index in [2.05, 4.69) is 25.9 Å². The van der Waals surface area contributed by atoms with Crippen LogP contribution in [0.1, 0.15) is 34.4 Å². The van der Waals surface area contributed by atoms with E-state index >= 15 is 0 Å². The first-order valence-electron chi connectivity index (χ1n) is 14.5. The standard InChI is InChI=1S/C33H35N7O6/c34-29(40-33(44)45-20-24-9-5-2-6-10-24)25-14-11-23(12-15-25)18-37-30(41)27(17-26-19-36-21-38-26)39-31(42)28(46-32(35)43)16-13-22-7-3-1-4-8-22/h1-12,14-15,19,21,27-28H,13,16-18,20H2,(H2,35,43)(H,36,38)(H,37,41)(H,39,42)(H2,34,40,44). The number of carbonyl (C=O) groups is 4. The molecule has 0 saturated carbocycles. The van der Waals surface area contributed by atoms with E-state index in [1.54, 1.807) is 30.5 Å². The third-order valence-electron chi connectivity index (χ3n) is 6.85. The zero-order valence-corrected chi connectivity index (χ0v) is 24.9. The predicted molar refractivity (Wildman–Crippen MR) is 168 cm³/mol. The summed E-state index contributed by atoms with van der Waals surface area (Å²) in [6.07, 6.45) is 0.654. The van der Waals surface area contributed by atoms with Gasteiger partial charge in [0.15, 0.2) is 6.10 Å². The summed E-state index contributed by atoms with van der Waals surface area (Å²) in [7, 11) is 0. The van der Waals surface area contributed by atoms with Crippen molar-refractivity contribution in [3.05, 3.63) is 125 Å². The number of aromatic amines is 1. The molecule has 0 spiro atoms. The molecule has 2 unspecified atom stereocenters. The number of H-pyrrole nitrogens is 1. The fourth-order valence-corrected chi connectivity index (χ4v) is 4.45. The number of nitrogens with one attached hydrogen (secondary N) is 5. The van der Waals surface area contributed by atoms with Crippen LogP contribution in [-0.4, -0.2) is 52.0 Å². The van der Waals surface area contributed by atoms with Crippen LogP contribution in [-0.2, 0) is 45.1 Å². The van der Waals surface area contributed by atoms with Gasteiger partial charge in [0.25, 0.3) is 5.91 Å². The first-order chi connectivity index (χ1) is 22.3. The minimum absolute atomic E-state index is 0.0763. The SMILES string of the molecule is N=C(NC(=O)OCc1ccccc1)c1ccc(CNC(=O)C(Cc2cnc[nH]2)NC(=O)C(CCc2ccccc2)OC(N)=O)cc1. The fraction of sp³-hybridized carbons (Fsp3) is 0.212. The van der Waals surface area contributed by atoms with E-state index in [0.717, 1.165) is 11.1 Å². The van der Waals surface area contributed by atoms with Gasteiger partial charge in [-0.2, -0.15) is 0 Å². The average molecular weight is 626 g/mol. The maximum atomic E-state index is 13.3. The lowest BCUT2D eigenvalue weighted by Crippen LogP contribution is -2.51. The Hall–Kier alpha value is -5.98. The highest BCUT2D eigenvalue weighted by atomic mass is 16.6. The van der Waals surface area contributed by atoms with Crippen molar-refractivity contribution >= 4 is 29.8 Å². The first kappa shape index (κ1) is 32.9. The summed E-state index contributed by atoms with van der Waals surface area (Å²) in [6.45, 7) is 0.191. The van der Waals surface area contributed by atoms with Gasteiger partial charge in [-0.05, 0) is 29.5 Å². The summed E-state index contributed by atoms with van der Waals surface area (Å²) in [5.74, 6) is -1.29. The van der Waals surface area contributed by atoms with Crippen molar-refractivity contribution in [1.82, 2.24) is 25.9 Å². The molecule has 13 heteroatoms. The molecule has 0 saturated heterocycles. The molecule has 13 nitrogen and oxygen atoms in total. The zero-order valence-electron chi connectivity index (χ0n) is 24.9. The van der Waals surface area contributed by atoms with Gasteiger partial charge in [0.2, 0.25) is 5.91 Å². The predicted octanol–water partition coefficient (Wildman–Crippen LogP) is 3.10. The molecule has 0 fully saturated rings. The molecule has 1 heterocycles. The Bertz CT molecular complexity index is 1600. The summed E-state index contributed by atoms with van der Waals surface area (Å²) in [5.41, 5.74) is 8.75. The molecule has 1 aromatic heterocycles. The molecule has 46 heavy (non-hydrogen) atoms. The number of hydrogen-bond donors (Lipinski definition) is 6. The van der Waals surface area contributed by atoms with Crippen LogP contribution < -0.4 is 21.7 Å². The number of alkyl carbamates (subject to hydrolysis) is 1. The van der Waals surface area contributed by atoms with Crippen molar-refractivity contribution in [2.24, 2.45) is 5.73 Å². The Morgan fingerprint density at radius 2 is 1.54 bits per heavy atom. The second-order valence-electron chi connectivity index (χ2n) is 10.3. The number of aromatic nitrogens is 2. The molecule has 4 amide bonds. The number of primary amides is 1. The highest BCUT2D eigenvalue weighted by Gasteiger charge is 2.28. The van der Waals surface area contributed by atoms with E-state index in [-0.39, 0.29) is 31.8 Å². The van der Waals surface area contributed by atoms with Gasteiger partial charge in [0.1, 0.15) is 18.5 Å². The highest BCUT2D eigenvalue weighted by molar-refractivity contribution is 6.04. The Morgan fingerprint density at radius 3 is 2.17 bits per heavy atom. The topological polar surface area (TPSA) is 201 Å². The molecule has 3 aromatic carbocycles. The van der Waals surface area contributed by atoms with Gasteiger partial charge in [0.05, 0.1) is 6.33 Å². The molecule has 238 valence electrons. The highest BCUT2D eigenvalue weighted by Crippen LogP contribution is 2.10. The molecule has 0 bridgehead atoms. The lowest BCUT2D eigenvalue weighted by Gasteiger charge is -2.22. The largest absolute Gasteiger partial charge is 0.444 e. The molecule has 4 aromatic rings. The monoisotopic (exact) mass is 625 g/mol. The minimum Gasteiger partial charge on any atom is -0.444 e. The Balaban J connectivity index is 1.32. The summed E-state index contributed by atoms with van der Waals surface area (Å²) < 4.78 is 10.2. The van der Waals surface area contributed by atoms with E-state index in [1.165, 1.54) is 6.33 Å². The van der Waals surface area contributed by atoms with Crippen molar-refractivity contribution in [2.45, 2.75) is 44.6 Å². The van der Waals surface area contributed by atoms with Crippen molar-refractivity contribution in [3.8, 4) is 0 Å². The van der Waals surface area contributed by atoms with Gasteiger partial charge in [-0.25, -0.2) is 14.6 Å². The van der Waals surface area contributed by atoms with Gasteiger partial charge in [-0.1, -0.05) is 84.9 Å². The number of imidazole rings is 1. The Labute approximate surface area is 265 Å². The molecule has 0 aliphatic heterocycles. The van der Waals surface area contributed by atoms with Crippen LogP contribution >= 0.6 is 0 Å². The summed E-state index contributed by atoms with van der Waals surface area (Å²) in [5, 5.41) is 16.1. The zero-order chi connectivity index (χ0) is 32.7. The van der Waals surface area contributed by atoms with Crippen molar-refractivity contribution in [2.75, 3.05) is 0 Å². The van der Waals surface area contributed by atoms with E-state index < -0.39 is 36.1 Å². The van der Waals surface area contributed by atoms with Crippen LogP contribution in [0.25, 0.3) is 0 Å². The van der Waals surface area contributed by atoms with E-state index in [9.17, 15) is 19.2 Å². The number of aryl methyl sites for hydroxylation is 1. The Morgan fingerprint density at radius 1 is 0.870 bits per heavy atom. The molecule has 0 aliphatic rings. The number of hydrogen-bond acceptors (Lipinski definition) is 8. The van der Waals surface area contributed by atoms with Gasteiger partial charge in [-0.15, -0.1) is 0 Å². The van der Waals surface area contributed by atoms with Crippen LogP contribution in [0.5, 0.6) is 0 Å². The van der Waals surface area contributed by atoms with Gasteiger partial charge >= 0.3 is 12.2 Å². The minimum atomic E-state index is -1.21. The molecule has 4 rings (SSSR count). The maximum absolute atomic E-state index is 13.3. The summed E-state index contributed by atoms with van der Waals surface area (Å²) in [6, 6.07) is 24.2. The summed E-state index contributed by atoms with van der Waals surface area (Å²) >= 11 is 0. The van der Waals surface area contributed by atoms with Crippen LogP contribution in [0.3, 0.4) is 0 Å². The molecule has 2 atom stereocenters. The first-order valence-corrected chi connectivity index (χ1v) is 14.5. The summed E-state index contributed by atoms with van der Waals surface area (Å²) in [4.78, 5) is 57.0. The van der Waals surface area contributed by atoms with Crippen LogP contribution in [0.15, 0.2) is 97.5 Å². The quantitative estimate of drug-likeness (QED) is 0.0912. The lowest BCUT2D eigenvalue weighted by molar-refractivity contribution is -0.134. The molecular weight excluding hydrogens is 590 g/mol. The van der Waals surface area contributed by atoms with Gasteiger partial charge < -0.3 is 30.8 Å². The number of rotatable bonds is 14. The molecule has 0 aliphatic carbocycles. The average Bonchev–Trinajstić information content (AvgIpc) is 3.58. The van der Waals surface area contributed by atoms with Crippen LogP contribution in [0.4, 0.5) is 9.59 Å². The normalized spacial score (nSPS) is 11.8. The number of carbonyl (C=O) groups excluding carboxylic acids is 4. The number of amides is 4. The van der Waals surface area contributed by atoms with Crippen molar-refractivity contribution in [1.29, 1.82) is 5.41 Å². The van der Waals surface area contributed by atoms with Gasteiger partial charge in [-0.3, -0.25) is 20.3 Å². The van der Waals surface area contributed by atoms with Crippen LogP contribution in [0, 0.1) is 5.41 Å². The number of nitrogens with two attached hydrogens (primary N) is 1. The van der Waals surface area contributed by atoms with Crippen molar-refractivity contribution < 1.29 is 28.7 Å². The molecule has 0 radical (unpaired) electrons. The second-order valence-corrected chi connectivity index (χ2v) is 10.3. The van der Waals surface area contributed by atoms with E-state index in [4.69, 9.17) is 20.6 Å². The number of amidine groups is 1. The molecular formula is C33H35N7O6. The smallest absolute Gasteiger partial charge is 0.413 e. The third-order valence-corrected chi connectivity index (χ3v) is 6.85. The number of ether oxygens (including phenoxy) is 2. The third kappa shape index (κ3) is 10.6. The maximum Gasteiger partial charge on any atom is 0.413 e. The number of nitrogens with zero attached hydrogens (tertiary/aromatic N) is 1. The number of benzene rings is 3. The fourth-order valence-electron chi connectivity index (χ4n) is 4.45. The molecule has 7 N–H and O–H groups in total. The van der Waals surface area contributed by atoms with Gasteiger partial charge in [0, 0.05) is 30.4 Å². The Kier molecular flexibility index (Phi) is 12.0. The van der Waals surface area contributed by atoms with E-state index in [1.807, 2.05) is 60.7 Å². The van der Waals surface area contributed by atoms with Crippen molar-refractivity contribution in [3.63, 3.8) is 0 Å². The lowest BCUT2D eigenvalue weighted by atomic mass is 10.1. The van der Waals surface area contributed by atoms with E-state index in [0.29, 0.717) is 23.2 Å². The second kappa shape index (κ2) is 16.8. The van der Waals surface area contributed by atoms with Crippen LogP contribution in [0.2, 0.25) is 0 Å².